The van der Waals surface area contributed by atoms with E-state index in [9.17, 15) is 14.0 Å². The number of carbonyl (C=O) groups excluding carboxylic acids is 2. The third kappa shape index (κ3) is 3.63. The first-order valence-corrected chi connectivity index (χ1v) is 6.83. The highest BCUT2D eigenvalue weighted by Crippen LogP contribution is 2.17. The third-order valence-corrected chi connectivity index (χ3v) is 3.66. The van der Waals surface area contributed by atoms with Crippen LogP contribution in [-0.2, 0) is 4.79 Å². The third-order valence-electron chi connectivity index (χ3n) is 3.66. The van der Waals surface area contributed by atoms with Crippen LogP contribution in [0.15, 0.2) is 24.3 Å². The van der Waals surface area contributed by atoms with Crippen molar-refractivity contribution < 1.29 is 14.0 Å². The maximum Gasteiger partial charge on any atom is 0.224 e. The number of nitrogens with one attached hydrogen (secondary N) is 1. The lowest BCUT2D eigenvalue weighted by atomic mass is 9.96. The van der Waals surface area contributed by atoms with E-state index in [0.717, 1.165) is 19.4 Å². The fourth-order valence-electron chi connectivity index (χ4n) is 2.55. The average molecular weight is 278 g/mol. The van der Waals surface area contributed by atoms with Crippen LogP contribution in [0.3, 0.4) is 0 Å². The highest BCUT2D eigenvalue weighted by Gasteiger charge is 2.26. The van der Waals surface area contributed by atoms with Crippen molar-refractivity contribution in [2.24, 2.45) is 5.92 Å². The molecule has 5 heteroatoms. The summed E-state index contributed by atoms with van der Waals surface area (Å²) in [5.41, 5.74) is 0.508. The molecule has 1 aliphatic heterocycles. The molecule has 1 saturated heterocycles. The Morgan fingerprint density at radius 2 is 2.05 bits per heavy atom. The molecule has 0 spiro atoms. The van der Waals surface area contributed by atoms with Gasteiger partial charge in [-0.1, -0.05) is 0 Å². The number of piperidine rings is 1. The molecule has 1 heterocycles. The van der Waals surface area contributed by atoms with Crippen LogP contribution in [0, 0.1) is 11.7 Å². The first kappa shape index (κ1) is 14.7. The molecule has 108 valence electrons. The van der Waals surface area contributed by atoms with Crippen molar-refractivity contribution >= 4 is 11.7 Å². The van der Waals surface area contributed by atoms with E-state index < -0.39 is 0 Å². The predicted octanol–water partition coefficient (Wildman–Crippen LogP) is 1.47. The van der Waals surface area contributed by atoms with Crippen molar-refractivity contribution in [1.29, 1.82) is 0 Å². The molecule has 1 fully saturated rings. The van der Waals surface area contributed by atoms with Crippen molar-refractivity contribution in [2.75, 3.05) is 26.7 Å². The van der Waals surface area contributed by atoms with E-state index in [-0.39, 0.29) is 30.0 Å². The largest absolute Gasteiger partial charge is 0.359 e. The van der Waals surface area contributed by atoms with Gasteiger partial charge in [0, 0.05) is 19.2 Å². The van der Waals surface area contributed by atoms with Gasteiger partial charge in [0.05, 0.1) is 12.5 Å². The minimum Gasteiger partial charge on any atom is -0.359 e. The van der Waals surface area contributed by atoms with E-state index in [0.29, 0.717) is 12.1 Å². The van der Waals surface area contributed by atoms with E-state index in [1.807, 2.05) is 4.90 Å². The summed E-state index contributed by atoms with van der Waals surface area (Å²) in [7, 11) is 1.63. The lowest BCUT2D eigenvalue weighted by molar-refractivity contribution is -0.126. The molecule has 1 N–H and O–H groups in total. The van der Waals surface area contributed by atoms with Crippen molar-refractivity contribution in [3.05, 3.63) is 35.6 Å². The van der Waals surface area contributed by atoms with Gasteiger partial charge in [-0.05, 0) is 43.7 Å². The molecule has 0 aliphatic carbocycles. The molecular weight excluding hydrogens is 259 g/mol. The summed E-state index contributed by atoms with van der Waals surface area (Å²) in [5.74, 6) is -0.402. The fraction of sp³-hybridized carbons (Fsp3) is 0.467. The topological polar surface area (TPSA) is 49.4 Å². The maximum atomic E-state index is 12.8. The van der Waals surface area contributed by atoms with Crippen LogP contribution in [0.4, 0.5) is 4.39 Å². The zero-order valence-corrected chi connectivity index (χ0v) is 11.6. The van der Waals surface area contributed by atoms with Gasteiger partial charge >= 0.3 is 0 Å². The number of amides is 1. The van der Waals surface area contributed by atoms with Crippen molar-refractivity contribution in [2.45, 2.75) is 12.8 Å². The van der Waals surface area contributed by atoms with Crippen LogP contribution >= 0.6 is 0 Å². The van der Waals surface area contributed by atoms with Crippen LogP contribution in [0.25, 0.3) is 0 Å². The van der Waals surface area contributed by atoms with E-state index in [4.69, 9.17) is 0 Å². The summed E-state index contributed by atoms with van der Waals surface area (Å²) < 4.78 is 12.8. The number of Topliss-reactive ketones (excluding diaryl/α,β-unsaturated/α-hetero) is 1. The predicted molar refractivity (Wildman–Crippen MR) is 74.0 cm³/mol. The monoisotopic (exact) mass is 278 g/mol. The molecule has 0 radical (unpaired) electrons. The first-order valence-electron chi connectivity index (χ1n) is 6.83. The molecular formula is C15H19FN2O2. The summed E-state index contributed by atoms with van der Waals surface area (Å²) in [6.45, 7) is 1.70. The molecule has 1 aromatic carbocycles. The van der Waals surface area contributed by atoms with E-state index in [2.05, 4.69) is 5.32 Å². The van der Waals surface area contributed by atoms with Gasteiger partial charge in [0.25, 0.3) is 0 Å². The lowest BCUT2D eigenvalue weighted by Crippen LogP contribution is -2.44. The van der Waals surface area contributed by atoms with Gasteiger partial charge in [0.1, 0.15) is 5.82 Å². The van der Waals surface area contributed by atoms with Crippen LogP contribution < -0.4 is 5.32 Å². The van der Waals surface area contributed by atoms with Crippen molar-refractivity contribution in [3.63, 3.8) is 0 Å². The highest BCUT2D eigenvalue weighted by atomic mass is 19.1. The Kier molecular flexibility index (Phi) is 4.84. The maximum absolute atomic E-state index is 12.8. The normalized spacial score (nSPS) is 19.6. The molecule has 1 aromatic rings. The molecule has 1 atom stereocenters. The van der Waals surface area contributed by atoms with Gasteiger partial charge in [0.2, 0.25) is 5.91 Å². The highest BCUT2D eigenvalue weighted by molar-refractivity contribution is 5.97. The SMILES string of the molecule is CNC(=O)C1CCCN(CC(=O)c2ccc(F)cc2)C1. The zero-order valence-electron chi connectivity index (χ0n) is 11.6. The van der Waals surface area contributed by atoms with Crippen LogP contribution in [0.1, 0.15) is 23.2 Å². The van der Waals surface area contributed by atoms with Crippen LogP contribution in [0.2, 0.25) is 0 Å². The van der Waals surface area contributed by atoms with E-state index in [1.165, 1.54) is 24.3 Å². The summed E-state index contributed by atoms with van der Waals surface area (Å²) in [5, 5.41) is 2.65. The Morgan fingerprint density at radius 3 is 2.70 bits per heavy atom. The van der Waals surface area contributed by atoms with Crippen molar-refractivity contribution in [3.8, 4) is 0 Å². The molecule has 1 amide bonds. The number of hydrogen-bond acceptors (Lipinski definition) is 3. The summed E-state index contributed by atoms with van der Waals surface area (Å²) in [4.78, 5) is 25.7. The zero-order chi connectivity index (χ0) is 14.5. The Hall–Kier alpha value is -1.75. The Labute approximate surface area is 118 Å². The first-order chi connectivity index (χ1) is 9.60. The summed E-state index contributed by atoms with van der Waals surface area (Å²) in [6.07, 6.45) is 1.77. The average Bonchev–Trinajstić information content (AvgIpc) is 2.47. The molecule has 0 bridgehead atoms. The Morgan fingerprint density at radius 1 is 1.35 bits per heavy atom. The minimum atomic E-state index is -0.348. The smallest absolute Gasteiger partial charge is 0.224 e. The number of ketones is 1. The number of carbonyl (C=O) groups is 2. The second-order valence-electron chi connectivity index (χ2n) is 5.12. The van der Waals surface area contributed by atoms with Crippen LogP contribution in [0.5, 0.6) is 0 Å². The van der Waals surface area contributed by atoms with Gasteiger partial charge in [-0.2, -0.15) is 0 Å². The molecule has 2 rings (SSSR count). The number of benzene rings is 1. The second kappa shape index (κ2) is 6.61. The molecule has 1 unspecified atom stereocenters. The van der Waals surface area contributed by atoms with Gasteiger partial charge in [0.15, 0.2) is 5.78 Å². The second-order valence-corrected chi connectivity index (χ2v) is 5.12. The van der Waals surface area contributed by atoms with Gasteiger partial charge in [-0.15, -0.1) is 0 Å². The van der Waals surface area contributed by atoms with E-state index in [1.54, 1.807) is 7.05 Å². The van der Waals surface area contributed by atoms with E-state index >= 15 is 0 Å². The van der Waals surface area contributed by atoms with Crippen molar-refractivity contribution in [1.82, 2.24) is 10.2 Å². The van der Waals surface area contributed by atoms with Crippen LogP contribution in [-0.4, -0.2) is 43.3 Å². The molecule has 20 heavy (non-hydrogen) atoms. The lowest BCUT2D eigenvalue weighted by Gasteiger charge is -2.31. The number of hydrogen-bond donors (Lipinski definition) is 1. The molecule has 0 saturated carbocycles. The molecule has 4 nitrogen and oxygen atoms in total. The number of rotatable bonds is 4. The van der Waals surface area contributed by atoms with Gasteiger partial charge in [-0.25, -0.2) is 4.39 Å². The molecule has 1 aliphatic rings. The minimum absolute atomic E-state index is 0.0314. The number of halogens is 1. The summed E-state index contributed by atoms with van der Waals surface area (Å²) in [6, 6.07) is 5.57. The molecule has 0 aromatic heterocycles. The van der Waals surface area contributed by atoms with Gasteiger partial charge in [-0.3, -0.25) is 14.5 Å². The number of nitrogens with zero attached hydrogens (tertiary/aromatic N) is 1. The Bertz CT molecular complexity index is 487. The standard InChI is InChI=1S/C15H19FN2O2/c1-17-15(20)12-3-2-8-18(9-12)10-14(19)11-4-6-13(16)7-5-11/h4-7,12H,2-3,8-10H2,1H3,(H,17,20). The summed E-state index contributed by atoms with van der Waals surface area (Å²) >= 11 is 0. The fourth-order valence-corrected chi connectivity index (χ4v) is 2.55. The quantitative estimate of drug-likeness (QED) is 0.848. The van der Waals surface area contributed by atoms with Gasteiger partial charge < -0.3 is 5.32 Å². The Balaban J connectivity index is 1.94. The number of likely N-dealkylation sites (tertiary alicyclic amines) is 1.